The van der Waals surface area contributed by atoms with Crippen LogP contribution >= 0.6 is 35.1 Å². The molecule has 1 atom stereocenters. The predicted molar refractivity (Wildman–Crippen MR) is 115 cm³/mol. The lowest BCUT2D eigenvalue weighted by atomic mass is 9.87. The molecule has 27 heavy (non-hydrogen) atoms. The molecule has 3 rings (SSSR count). The summed E-state index contributed by atoms with van der Waals surface area (Å²) in [6, 6.07) is 7.97. The average molecular weight is 424 g/mol. The first-order valence-electron chi connectivity index (χ1n) is 8.44. The van der Waals surface area contributed by atoms with Gasteiger partial charge < -0.3 is 5.32 Å². The van der Waals surface area contributed by atoms with Gasteiger partial charge in [0, 0.05) is 18.9 Å². The largest absolute Gasteiger partial charge is 0.325 e. The minimum absolute atomic E-state index is 0.0638. The summed E-state index contributed by atoms with van der Waals surface area (Å²) in [6.45, 7) is 6.49. The van der Waals surface area contributed by atoms with E-state index in [9.17, 15) is 4.79 Å². The smallest absolute Gasteiger partial charge is 0.234 e. The van der Waals surface area contributed by atoms with Gasteiger partial charge in [-0.3, -0.25) is 14.9 Å². The van der Waals surface area contributed by atoms with Crippen molar-refractivity contribution >= 4 is 51.1 Å². The highest BCUT2D eigenvalue weighted by Gasteiger charge is 2.26. The van der Waals surface area contributed by atoms with Crippen LogP contribution in [0.3, 0.4) is 0 Å². The lowest BCUT2D eigenvalue weighted by Gasteiger charge is -2.19. The van der Waals surface area contributed by atoms with Gasteiger partial charge in [-0.15, -0.1) is 0 Å². The highest BCUT2D eigenvalue weighted by Crippen LogP contribution is 2.37. The monoisotopic (exact) mass is 423 g/mol. The zero-order valence-electron chi connectivity index (χ0n) is 15.6. The second-order valence-corrected chi connectivity index (χ2v) is 9.93. The van der Waals surface area contributed by atoms with Crippen molar-refractivity contribution in [3.63, 3.8) is 0 Å². The lowest BCUT2D eigenvalue weighted by molar-refractivity contribution is -0.113. The van der Waals surface area contributed by atoms with Crippen molar-refractivity contribution in [2.45, 2.75) is 31.6 Å². The van der Waals surface area contributed by atoms with E-state index in [4.69, 9.17) is 11.6 Å². The summed E-state index contributed by atoms with van der Waals surface area (Å²) in [6.07, 6.45) is 1.75. The first kappa shape index (κ1) is 20.1. The maximum absolute atomic E-state index is 12.2. The molecule has 0 saturated heterocycles. The molecule has 0 saturated carbocycles. The van der Waals surface area contributed by atoms with E-state index in [1.165, 1.54) is 29.1 Å². The lowest BCUT2D eigenvalue weighted by Crippen LogP contribution is -2.15. The van der Waals surface area contributed by atoms with E-state index < -0.39 is 0 Å². The van der Waals surface area contributed by atoms with Gasteiger partial charge in [0.2, 0.25) is 5.91 Å². The van der Waals surface area contributed by atoms with Crippen molar-refractivity contribution in [3.05, 3.63) is 46.7 Å². The van der Waals surface area contributed by atoms with E-state index in [0.29, 0.717) is 5.02 Å². The van der Waals surface area contributed by atoms with Crippen LogP contribution in [0.5, 0.6) is 0 Å². The van der Waals surface area contributed by atoms with Crippen molar-refractivity contribution in [3.8, 4) is 0 Å². The minimum atomic E-state index is -0.130. The van der Waals surface area contributed by atoms with Crippen molar-refractivity contribution in [2.24, 2.45) is 12.1 Å². The number of amides is 1. The topological polar surface area (TPSA) is 71.3 Å². The second kappa shape index (κ2) is 8.16. The van der Waals surface area contributed by atoms with Crippen LogP contribution in [0.4, 0.5) is 5.69 Å². The third-order valence-corrected chi connectivity index (χ3v) is 6.45. The molecule has 1 aromatic heterocycles. The van der Waals surface area contributed by atoms with E-state index in [1.54, 1.807) is 10.9 Å². The van der Waals surface area contributed by atoms with Crippen LogP contribution in [0.15, 0.2) is 35.6 Å². The van der Waals surface area contributed by atoms with E-state index in [1.807, 2.05) is 31.3 Å². The fourth-order valence-corrected chi connectivity index (χ4v) is 4.71. The molecule has 0 unspecified atom stereocenters. The van der Waals surface area contributed by atoms with E-state index in [0.717, 1.165) is 15.8 Å². The number of hydrazone groups is 1. The number of nitrogens with one attached hydrogen (secondary N) is 2. The number of rotatable bonds is 4. The molecule has 1 aromatic carbocycles. The Morgan fingerprint density at radius 3 is 2.67 bits per heavy atom. The van der Waals surface area contributed by atoms with Crippen LogP contribution in [-0.4, -0.2) is 25.8 Å². The molecular weight excluding hydrogens is 402 g/mol. The molecule has 9 heteroatoms. The van der Waals surface area contributed by atoms with Gasteiger partial charge in [0.15, 0.2) is 4.38 Å². The van der Waals surface area contributed by atoms with Gasteiger partial charge in [0.1, 0.15) is 11.1 Å². The molecule has 0 spiro atoms. The summed E-state index contributed by atoms with van der Waals surface area (Å²) in [5.74, 6) is 0.225. The molecular formula is C18H22ClN5OS2. The summed E-state index contributed by atoms with van der Waals surface area (Å²) in [7, 11) is 1.82. The maximum atomic E-state index is 12.2. The molecule has 2 N–H and O–H groups in total. The number of nitrogens with zero attached hydrogens (tertiary/aromatic N) is 3. The molecule has 144 valence electrons. The zero-order valence-corrected chi connectivity index (χ0v) is 18.0. The van der Waals surface area contributed by atoms with Crippen LogP contribution in [0.2, 0.25) is 5.02 Å². The first-order chi connectivity index (χ1) is 12.7. The van der Waals surface area contributed by atoms with Crippen LogP contribution in [0.1, 0.15) is 37.4 Å². The molecule has 2 heterocycles. The van der Waals surface area contributed by atoms with Crippen molar-refractivity contribution in [2.75, 3.05) is 11.1 Å². The van der Waals surface area contributed by atoms with E-state index in [2.05, 4.69) is 41.7 Å². The van der Waals surface area contributed by atoms with Crippen molar-refractivity contribution in [1.29, 1.82) is 0 Å². The summed E-state index contributed by atoms with van der Waals surface area (Å²) in [5, 5.41) is 12.0. The van der Waals surface area contributed by atoms with Gasteiger partial charge >= 0.3 is 0 Å². The summed E-state index contributed by atoms with van der Waals surface area (Å²) >= 11 is 9.07. The Labute approximate surface area is 172 Å². The quantitative estimate of drug-likeness (QED) is 0.764. The molecule has 1 aliphatic heterocycles. The van der Waals surface area contributed by atoms with Gasteiger partial charge in [-0.05, 0) is 23.1 Å². The van der Waals surface area contributed by atoms with E-state index in [-0.39, 0.29) is 22.4 Å². The number of carbonyl (C=O) groups excluding carboxylic acids is 1. The zero-order chi connectivity index (χ0) is 19.6. The number of anilines is 1. The van der Waals surface area contributed by atoms with Crippen LogP contribution in [0, 0.1) is 0 Å². The Kier molecular flexibility index (Phi) is 6.08. The second-order valence-electron chi connectivity index (χ2n) is 7.20. The molecule has 0 fully saturated rings. The molecule has 0 aliphatic carbocycles. The Hall–Kier alpha value is -1.64. The summed E-state index contributed by atoms with van der Waals surface area (Å²) in [4.78, 5) is 12.2. The fourth-order valence-electron chi connectivity index (χ4n) is 2.48. The number of hydrogen-bond acceptors (Lipinski definition) is 6. The van der Waals surface area contributed by atoms with Gasteiger partial charge in [0.05, 0.1) is 10.8 Å². The van der Waals surface area contributed by atoms with E-state index >= 15 is 0 Å². The number of benzene rings is 1. The van der Waals surface area contributed by atoms with Crippen molar-refractivity contribution < 1.29 is 4.79 Å². The van der Waals surface area contributed by atoms with Crippen LogP contribution < -0.4 is 10.7 Å². The average Bonchev–Trinajstić information content (AvgIpc) is 3.18. The summed E-state index contributed by atoms with van der Waals surface area (Å²) in [5.41, 5.74) is 5.88. The number of hydrogen-bond donors (Lipinski definition) is 2. The third kappa shape index (κ3) is 5.21. The first-order valence-corrected chi connectivity index (χ1v) is 10.7. The predicted octanol–water partition coefficient (Wildman–Crippen LogP) is 4.35. The van der Waals surface area contributed by atoms with Gasteiger partial charge in [-0.1, -0.05) is 68.0 Å². The normalized spacial score (nSPS) is 16.8. The number of carbonyl (C=O) groups is 1. The SMILES string of the molecule is Cn1cc(Cl)c([C@H]2NN=C(SCC(=O)Nc3ccc(C(C)(C)C)cc3)S2)n1. The van der Waals surface area contributed by atoms with Crippen LogP contribution in [-0.2, 0) is 17.3 Å². The molecule has 1 aliphatic rings. The Morgan fingerprint density at radius 1 is 1.37 bits per heavy atom. The fraction of sp³-hybridized carbons (Fsp3) is 0.389. The Balaban J connectivity index is 1.48. The number of thioether (sulfide) groups is 2. The molecule has 0 bridgehead atoms. The molecule has 2 aromatic rings. The van der Waals surface area contributed by atoms with Gasteiger partial charge in [-0.25, -0.2) is 0 Å². The minimum Gasteiger partial charge on any atom is -0.325 e. The molecule has 0 radical (unpaired) electrons. The Morgan fingerprint density at radius 2 is 2.07 bits per heavy atom. The number of aromatic nitrogens is 2. The summed E-state index contributed by atoms with van der Waals surface area (Å²) < 4.78 is 2.46. The Bertz CT molecular complexity index is 858. The maximum Gasteiger partial charge on any atom is 0.234 e. The van der Waals surface area contributed by atoms with Crippen molar-refractivity contribution in [1.82, 2.24) is 15.2 Å². The highest BCUT2D eigenvalue weighted by molar-refractivity contribution is 8.39. The molecule has 6 nitrogen and oxygen atoms in total. The standard InChI is InChI=1S/C18H22ClN5OS2/c1-18(2,3)11-5-7-12(8-6-11)20-14(25)10-26-17-22-21-16(27-17)15-13(19)9-24(4)23-15/h5-9,16,21H,10H2,1-4H3,(H,20,25)/t16-/m0/s1. The number of aryl methyl sites for hydroxylation is 1. The van der Waals surface area contributed by atoms with Crippen LogP contribution in [0.25, 0.3) is 0 Å². The van der Waals surface area contributed by atoms with Gasteiger partial charge in [0.25, 0.3) is 0 Å². The highest BCUT2D eigenvalue weighted by atomic mass is 35.5. The molecule has 1 amide bonds. The third-order valence-electron chi connectivity index (χ3n) is 3.91. The van der Waals surface area contributed by atoms with Gasteiger partial charge in [-0.2, -0.15) is 10.2 Å². The number of halogens is 1.